The van der Waals surface area contributed by atoms with Gasteiger partial charge in [0.1, 0.15) is 15.4 Å². The van der Waals surface area contributed by atoms with Crippen molar-refractivity contribution in [1.82, 2.24) is 9.97 Å². The van der Waals surface area contributed by atoms with E-state index in [2.05, 4.69) is 51.0 Å². The predicted molar refractivity (Wildman–Crippen MR) is 75.3 cm³/mol. The van der Waals surface area contributed by atoms with Crippen LogP contribution in [-0.2, 0) is 0 Å². The molecule has 0 aliphatic heterocycles. The van der Waals surface area contributed by atoms with Crippen LogP contribution in [0.2, 0.25) is 0 Å². The quantitative estimate of drug-likeness (QED) is 0.664. The summed E-state index contributed by atoms with van der Waals surface area (Å²) in [6.45, 7) is 2.08. The highest BCUT2D eigenvalue weighted by Crippen LogP contribution is 2.30. The SMILES string of the molecule is Cc1cc(-c2nc3cccnc3s2)ccc1Br. The standard InChI is InChI=1S/C13H9BrN2S/c1-8-7-9(4-5-10(8)14)12-16-11-3-2-6-15-13(11)17-12/h2-7H,1H3. The minimum atomic E-state index is 0.966. The third-order valence-electron chi connectivity index (χ3n) is 2.57. The Morgan fingerprint density at radius 2 is 2.12 bits per heavy atom. The Morgan fingerprint density at radius 1 is 1.24 bits per heavy atom. The van der Waals surface area contributed by atoms with Crippen molar-refractivity contribution in [3.8, 4) is 10.6 Å². The lowest BCUT2D eigenvalue weighted by molar-refractivity contribution is 1.39. The molecule has 4 heteroatoms. The molecule has 0 fully saturated rings. The van der Waals surface area contributed by atoms with Gasteiger partial charge in [-0.2, -0.15) is 0 Å². The van der Waals surface area contributed by atoms with Crippen LogP contribution in [-0.4, -0.2) is 9.97 Å². The van der Waals surface area contributed by atoms with Crippen LogP contribution in [0.3, 0.4) is 0 Å². The van der Waals surface area contributed by atoms with Crippen molar-refractivity contribution in [3.05, 3.63) is 46.6 Å². The van der Waals surface area contributed by atoms with Crippen LogP contribution in [0.1, 0.15) is 5.56 Å². The molecule has 0 saturated heterocycles. The molecule has 0 atom stereocenters. The van der Waals surface area contributed by atoms with Crippen LogP contribution >= 0.6 is 27.3 Å². The second-order valence-electron chi connectivity index (χ2n) is 3.81. The molecule has 2 aromatic heterocycles. The zero-order valence-corrected chi connectivity index (χ0v) is 11.5. The van der Waals surface area contributed by atoms with Crippen molar-refractivity contribution in [2.24, 2.45) is 0 Å². The van der Waals surface area contributed by atoms with Crippen LogP contribution < -0.4 is 0 Å². The smallest absolute Gasteiger partial charge is 0.143 e. The topological polar surface area (TPSA) is 25.8 Å². The average Bonchev–Trinajstić information content (AvgIpc) is 2.76. The van der Waals surface area contributed by atoms with Crippen molar-refractivity contribution < 1.29 is 0 Å². The summed E-state index contributed by atoms with van der Waals surface area (Å²) < 4.78 is 1.13. The van der Waals surface area contributed by atoms with E-state index >= 15 is 0 Å². The maximum absolute atomic E-state index is 4.59. The first-order valence-electron chi connectivity index (χ1n) is 5.22. The normalized spacial score (nSPS) is 10.9. The fourth-order valence-electron chi connectivity index (χ4n) is 1.67. The third-order valence-corrected chi connectivity index (χ3v) is 4.49. The number of nitrogens with zero attached hydrogens (tertiary/aromatic N) is 2. The van der Waals surface area contributed by atoms with Gasteiger partial charge in [-0.3, -0.25) is 0 Å². The molecule has 3 aromatic rings. The highest BCUT2D eigenvalue weighted by Gasteiger charge is 2.07. The van der Waals surface area contributed by atoms with Gasteiger partial charge in [0.2, 0.25) is 0 Å². The minimum Gasteiger partial charge on any atom is -0.244 e. The molecule has 0 aliphatic rings. The van der Waals surface area contributed by atoms with Crippen LogP contribution in [0.5, 0.6) is 0 Å². The number of aryl methyl sites for hydroxylation is 1. The summed E-state index contributed by atoms with van der Waals surface area (Å²) in [4.78, 5) is 9.90. The third kappa shape index (κ3) is 1.98. The van der Waals surface area contributed by atoms with Gasteiger partial charge in [0.25, 0.3) is 0 Å². The molecule has 84 valence electrons. The monoisotopic (exact) mass is 304 g/mol. The van der Waals surface area contributed by atoms with E-state index in [4.69, 9.17) is 0 Å². The largest absolute Gasteiger partial charge is 0.244 e. The maximum atomic E-state index is 4.59. The maximum Gasteiger partial charge on any atom is 0.143 e. The summed E-state index contributed by atoms with van der Waals surface area (Å²) in [5.74, 6) is 0. The van der Waals surface area contributed by atoms with E-state index in [1.165, 1.54) is 5.56 Å². The molecule has 2 heterocycles. The minimum absolute atomic E-state index is 0.966. The molecule has 0 spiro atoms. The molecule has 2 nitrogen and oxygen atoms in total. The molecule has 0 amide bonds. The Hall–Kier alpha value is -1.26. The van der Waals surface area contributed by atoms with Crippen LogP contribution in [0.4, 0.5) is 0 Å². The summed E-state index contributed by atoms with van der Waals surface area (Å²) in [6, 6.07) is 10.2. The number of hydrogen-bond acceptors (Lipinski definition) is 3. The lowest BCUT2D eigenvalue weighted by atomic mass is 10.1. The van der Waals surface area contributed by atoms with Crippen molar-refractivity contribution >= 4 is 37.6 Å². The van der Waals surface area contributed by atoms with Crippen LogP contribution in [0.25, 0.3) is 20.9 Å². The van der Waals surface area contributed by atoms with E-state index in [-0.39, 0.29) is 0 Å². The highest BCUT2D eigenvalue weighted by atomic mass is 79.9. The van der Waals surface area contributed by atoms with E-state index in [9.17, 15) is 0 Å². The number of pyridine rings is 1. The number of rotatable bonds is 1. The van der Waals surface area contributed by atoms with E-state index in [0.717, 1.165) is 25.4 Å². The van der Waals surface area contributed by atoms with Crippen molar-refractivity contribution in [2.75, 3.05) is 0 Å². The number of fused-ring (bicyclic) bond motifs is 1. The number of aromatic nitrogens is 2. The molecule has 0 saturated carbocycles. The second kappa shape index (κ2) is 4.20. The van der Waals surface area contributed by atoms with Gasteiger partial charge in [0.05, 0.1) is 0 Å². The molecule has 17 heavy (non-hydrogen) atoms. The predicted octanol–water partition coefficient (Wildman–Crippen LogP) is 4.43. The molecule has 3 rings (SSSR count). The molecule has 0 N–H and O–H groups in total. The first kappa shape index (κ1) is 10.9. The number of benzene rings is 1. The molecule has 0 unspecified atom stereocenters. The van der Waals surface area contributed by atoms with E-state index in [1.54, 1.807) is 17.5 Å². The molecule has 0 aliphatic carbocycles. The Balaban J connectivity index is 2.17. The van der Waals surface area contributed by atoms with Crippen molar-refractivity contribution in [2.45, 2.75) is 6.92 Å². The van der Waals surface area contributed by atoms with E-state index in [1.807, 2.05) is 12.1 Å². The fourth-order valence-corrected chi connectivity index (χ4v) is 2.82. The first-order chi connectivity index (χ1) is 8.24. The summed E-state index contributed by atoms with van der Waals surface area (Å²) in [5, 5.41) is 1.02. The van der Waals surface area contributed by atoms with Crippen molar-refractivity contribution in [3.63, 3.8) is 0 Å². The van der Waals surface area contributed by atoms with Gasteiger partial charge < -0.3 is 0 Å². The highest BCUT2D eigenvalue weighted by molar-refractivity contribution is 9.10. The van der Waals surface area contributed by atoms with Gasteiger partial charge in [-0.1, -0.05) is 33.3 Å². The number of thiazole rings is 1. The Bertz CT molecular complexity index is 658. The van der Waals surface area contributed by atoms with Gasteiger partial charge in [-0.05, 0) is 36.8 Å². The molecule has 1 aromatic carbocycles. The number of hydrogen-bond donors (Lipinski definition) is 0. The molecular formula is C13H9BrN2S. The second-order valence-corrected chi connectivity index (χ2v) is 5.64. The van der Waals surface area contributed by atoms with Gasteiger partial charge in [0, 0.05) is 16.2 Å². The van der Waals surface area contributed by atoms with Crippen LogP contribution in [0, 0.1) is 6.92 Å². The van der Waals surface area contributed by atoms with Gasteiger partial charge in [0.15, 0.2) is 0 Å². The Morgan fingerprint density at radius 3 is 2.88 bits per heavy atom. The number of halogens is 1. The molecular weight excluding hydrogens is 296 g/mol. The summed E-state index contributed by atoms with van der Waals surface area (Å²) in [5.41, 5.74) is 3.33. The van der Waals surface area contributed by atoms with Crippen LogP contribution in [0.15, 0.2) is 41.0 Å². The average molecular weight is 305 g/mol. The lowest BCUT2D eigenvalue weighted by Crippen LogP contribution is -1.79. The summed E-state index contributed by atoms with van der Waals surface area (Å²) in [6.07, 6.45) is 1.80. The Kier molecular flexibility index (Phi) is 2.68. The molecule has 0 radical (unpaired) electrons. The van der Waals surface area contributed by atoms with Gasteiger partial charge in [-0.15, -0.1) is 0 Å². The summed E-state index contributed by atoms with van der Waals surface area (Å²) >= 11 is 5.13. The Labute approximate surface area is 111 Å². The van der Waals surface area contributed by atoms with E-state index in [0.29, 0.717) is 0 Å². The summed E-state index contributed by atoms with van der Waals surface area (Å²) in [7, 11) is 0. The van der Waals surface area contributed by atoms with E-state index < -0.39 is 0 Å². The zero-order valence-electron chi connectivity index (χ0n) is 9.14. The fraction of sp³-hybridized carbons (Fsp3) is 0.0769. The van der Waals surface area contributed by atoms with Crippen molar-refractivity contribution in [1.29, 1.82) is 0 Å². The lowest BCUT2D eigenvalue weighted by Gasteiger charge is -2.00. The van der Waals surface area contributed by atoms with Gasteiger partial charge in [-0.25, -0.2) is 9.97 Å². The zero-order chi connectivity index (χ0) is 11.8. The molecule has 0 bridgehead atoms. The van der Waals surface area contributed by atoms with Gasteiger partial charge >= 0.3 is 0 Å². The first-order valence-corrected chi connectivity index (χ1v) is 6.83.